The second-order valence-electron chi connectivity index (χ2n) is 8.32. The SMILES string of the molecule is C/C=C1/OCc2cc(C)ccc2N2C1=NCC(C)=C2C(F)(F)F.CCC1CC=CC=C1OC.O=CO. The Balaban J connectivity index is 0.000000292. The van der Waals surface area contributed by atoms with E-state index < -0.39 is 11.9 Å². The average molecular weight is 507 g/mol. The number of anilines is 1. The highest BCUT2D eigenvalue weighted by atomic mass is 19.4. The van der Waals surface area contributed by atoms with Gasteiger partial charge in [-0.25, -0.2) is 0 Å². The van der Waals surface area contributed by atoms with Gasteiger partial charge in [0.15, 0.2) is 11.6 Å². The average Bonchev–Trinajstić information content (AvgIpc) is 3.00. The molecule has 0 fully saturated rings. The number of alkyl halides is 3. The van der Waals surface area contributed by atoms with Gasteiger partial charge in [0.2, 0.25) is 0 Å². The van der Waals surface area contributed by atoms with Crippen LogP contribution in [-0.2, 0) is 20.9 Å². The van der Waals surface area contributed by atoms with Gasteiger partial charge in [0.25, 0.3) is 6.47 Å². The van der Waals surface area contributed by atoms with Crippen molar-refractivity contribution >= 4 is 18.0 Å². The molecular weight excluding hydrogens is 473 g/mol. The molecule has 36 heavy (non-hydrogen) atoms. The largest absolute Gasteiger partial charge is 0.501 e. The van der Waals surface area contributed by atoms with E-state index >= 15 is 0 Å². The highest BCUT2D eigenvalue weighted by Gasteiger charge is 2.45. The maximum Gasteiger partial charge on any atom is 0.431 e. The quantitative estimate of drug-likeness (QED) is 0.453. The van der Waals surface area contributed by atoms with Crippen molar-refractivity contribution in [3.05, 3.63) is 76.4 Å². The number of methoxy groups -OCH3 is 1. The summed E-state index contributed by atoms with van der Waals surface area (Å²) in [5.74, 6) is 2.33. The molecule has 196 valence electrons. The van der Waals surface area contributed by atoms with Crippen LogP contribution in [0.5, 0.6) is 0 Å². The minimum absolute atomic E-state index is 0.0164. The van der Waals surface area contributed by atoms with Crippen molar-refractivity contribution in [1.82, 2.24) is 0 Å². The van der Waals surface area contributed by atoms with Crippen molar-refractivity contribution in [3.63, 3.8) is 0 Å². The third-order valence-electron chi connectivity index (χ3n) is 5.86. The topological polar surface area (TPSA) is 71.4 Å². The maximum atomic E-state index is 13.7. The van der Waals surface area contributed by atoms with E-state index in [4.69, 9.17) is 19.4 Å². The van der Waals surface area contributed by atoms with E-state index in [0.717, 1.165) is 17.7 Å². The number of carboxylic acid groups (broad SMARTS) is 1. The summed E-state index contributed by atoms with van der Waals surface area (Å²) in [5.41, 5.74) is 1.69. The summed E-state index contributed by atoms with van der Waals surface area (Å²) >= 11 is 0. The van der Waals surface area contributed by atoms with Crippen LogP contribution in [0.15, 0.2) is 70.3 Å². The fraction of sp³-hybridized carbons (Fsp3) is 0.407. The van der Waals surface area contributed by atoms with E-state index in [2.05, 4.69) is 30.1 Å². The smallest absolute Gasteiger partial charge is 0.431 e. The molecule has 2 heterocycles. The van der Waals surface area contributed by atoms with Gasteiger partial charge in [0, 0.05) is 11.5 Å². The molecule has 0 saturated heterocycles. The molecule has 0 saturated carbocycles. The molecule has 3 aliphatic rings. The van der Waals surface area contributed by atoms with Crippen LogP contribution in [0.4, 0.5) is 18.9 Å². The van der Waals surface area contributed by atoms with E-state index in [1.54, 1.807) is 32.2 Å². The molecule has 0 bridgehead atoms. The van der Waals surface area contributed by atoms with Crippen molar-refractivity contribution in [2.24, 2.45) is 10.9 Å². The normalized spacial score (nSPS) is 19.7. The van der Waals surface area contributed by atoms with Crippen LogP contribution in [-0.4, -0.2) is 37.2 Å². The Hall–Kier alpha value is -3.49. The molecule has 0 spiro atoms. The summed E-state index contributed by atoms with van der Waals surface area (Å²) in [4.78, 5) is 13.9. The summed E-state index contributed by atoms with van der Waals surface area (Å²) in [7, 11) is 1.74. The Labute approximate surface area is 210 Å². The molecule has 0 aromatic heterocycles. The van der Waals surface area contributed by atoms with Gasteiger partial charge in [0.1, 0.15) is 12.3 Å². The number of aryl methyl sites for hydroxylation is 1. The van der Waals surface area contributed by atoms with Crippen LogP contribution in [0.1, 0.15) is 44.7 Å². The number of aliphatic imine (C=N–C) groups is 1. The van der Waals surface area contributed by atoms with Crippen molar-refractivity contribution in [1.29, 1.82) is 0 Å². The van der Waals surface area contributed by atoms with E-state index in [1.807, 2.05) is 13.0 Å². The number of carbonyl (C=O) groups is 1. The number of benzene rings is 1. The van der Waals surface area contributed by atoms with Gasteiger partial charge in [-0.15, -0.1) is 0 Å². The number of hydrogen-bond donors (Lipinski definition) is 1. The number of amidine groups is 1. The zero-order valence-electron chi connectivity index (χ0n) is 21.2. The monoisotopic (exact) mass is 506 g/mol. The summed E-state index contributed by atoms with van der Waals surface area (Å²) in [6.45, 7) is 7.28. The fourth-order valence-corrected chi connectivity index (χ4v) is 4.17. The number of rotatable bonds is 2. The third kappa shape index (κ3) is 6.80. The molecular formula is C27H33F3N2O4. The Bertz CT molecular complexity index is 1080. The van der Waals surface area contributed by atoms with Crippen LogP contribution < -0.4 is 4.90 Å². The Morgan fingerprint density at radius 2 is 2.00 bits per heavy atom. The Kier molecular flexibility index (Phi) is 10.4. The molecule has 1 unspecified atom stereocenters. The molecule has 6 nitrogen and oxygen atoms in total. The van der Waals surface area contributed by atoms with E-state index in [1.165, 1.54) is 18.2 Å². The van der Waals surface area contributed by atoms with Crippen LogP contribution in [0.25, 0.3) is 0 Å². The van der Waals surface area contributed by atoms with Crippen molar-refractivity contribution in [2.75, 3.05) is 18.6 Å². The molecule has 9 heteroatoms. The van der Waals surface area contributed by atoms with Gasteiger partial charge < -0.3 is 14.6 Å². The molecule has 4 rings (SSSR count). The fourth-order valence-electron chi connectivity index (χ4n) is 4.17. The van der Waals surface area contributed by atoms with Gasteiger partial charge in [-0.05, 0) is 57.4 Å². The Morgan fingerprint density at radius 1 is 1.31 bits per heavy atom. The zero-order chi connectivity index (χ0) is 26.9. The van der Waals surface area contributed by atoms with Crippen molar-refractivity contribution < 1.29 is 32.5 Å². The van der Waals surface area contributed by atoms with Crippen LogP contribution in [0.3, 0.4) is 0 Å². The number of hydrogen-bond acceptors (Lipinski definition) is 5. The first kappa shape index (κ1) is 28.7. The first-order valence-electron chi connectivity index (χ1n) is 11.6. The number of nitrogens with zero attached hydrogens (tertiary/aromatic N) is 2. The summed E-state index contributed by atoms with van der Waals surface area (Å²) in [6.07, 6.45) is 5.80. The van der Waals surface area contributed by atoms with Gasteiger partial charge in [-0.2, -0.15) is 13.2 Å². The van der Waals surface area contributed by atoms with E-state index in [9.17, 15) is 13.2 Å². The van der Waals surface area contributed by atoms with Crippen molar-refractivity contribution in [2.45, 2.75) is 53.3 Å². The summed E-state index contributed by atoms with van der Waals surface area (Å²) in [6, 6.07) is 5.35. The molecule has 1 N–H and O–H groups in total. The molecule has 1 aliphatic carbocycles. The third-order valence-corrected chi connectivity index (χ3v) is 5.86. The van der Waals surface area contributed by atoms with E-state index in [-0.39, 0.29) is 31.0 Å². The lowest BCUT2D eigenvalue weighted by Gasteiger charge is -2.33. The molecule has 2 aliphatic heterocycles. The second-order valence-corrected chi connectivity index (χ2v) is 8.32. The van der Waals surface area contributed by atoms with Gasteiger partial charge >= 0.3 is 6.18 Å². The zero-order valence-corrected chi connectivity index (χ0v) is 21.2. The summed E-state index contributed by atoms with van der Waals surface area (Å²) < 4.78 is 52.0. The van der Waals surface area contributed by atoms with E-state index in [0.29, 0.717) is 22.9 Å². The molecule has 1 aromatic carbocycles. The van der Waals surface area contributed by atoms with Crippen LogP contribution in [0, 0.1) is 12.8 Å². The van der Waals surface area contributed by atoms with Crippen LogP contribution >= 0.6 is 0 Å². The number of allylic oxidation sites excluding steroid dienone is 6. The molecule has 1 atom stereocenters. The van der Waals surface area contributed by atoms with Gasteiger partial charge in [-0.3, -0.25) is 14.7 Å². The highest BCUT2D eigenvalue weighted by Crippen LogP contribution is 2.41. The predicted octanol–water partition coefficient (Wildman–Crippen LogP) is 6.69. The number of halogens is 3. The van der Waals surface area contributed by atoms with Gasteiger partial charge in [-0.1, -0.05) is 36.8 Å². The minimum atomic E-state index is -4.46. The Morgan fingerprint density at radius 3 is 2.56 bits per heavy atom. The maximum absolute atomic E-state index is 13.7. The highest BCUT2D eigenvalue weighted by molar-refractivity contribution is 6.12. The number of fused-ring (bicyclic) bond motifs is 3. The second kappa shape index (κ2) is 13.0. The first-order valence-corrected chi connectivity index (χ1v) is 11.6. The first-order chi connectivity index (χ1) is 17.1. The predicted molar refractivity (Wildman–Crippen MR) is 135 cm³/mol. The lowest BCUT2D eigenvalue weighted by Crippen LogP contribution is -2.41. The lowest BCUT2D eigenvalue weighted by molar-refractivity contribution is -0.122. The van der Waals surface area contributed by atoms with Gasteiger partial charge in [0.05, 0.1) is 25.1 Å². The molecule has 1 aromatic rings. The van der Waals surface area contributed by atoms with Crippen LogP contribution in [0.2, 0.25) is 0 Å². The standard InChI is InChI=1S/C17H17F3N2O.C9H14O.CH2O2/c1-4-14-16-21-8-11(3)15(17(18,19)20)22(16)13-6-5-10(2)7-12(13)9-23-14;1-3-8-6-4-5-7-9(8)10-2;2-1-3/h4-7H,8-9H2,1-3H3;4-5,7-8H,3,6H2,1-2H3;1H,(H,2,3)/b14-4+;;. The summed E-state index contributed by atoms with van der Waals surface area (Å²) in [5, 5.41) is 6.89. The minimum Gasteiger partial charge on any atom is -0.501 e. The van der Waals surface area contributed by atoms with Crippen molar-refractivity contribution in [3.8, 4) is 0 Å². The lowest BCUT2D eigenvalue weighted by atomic mass is 9.96. The molecule has 0 amide bonds. The number of ether oxygens (including phenoxy) is 2. The molecule has 0 radical (unpaired) electrons.